The molecule has 0 aliphatic rings. The van der Waals surface area contributed by atoms with E-state index in [1.54, 1.807) is 0 Å². The third-order valence-corrected chi connectivity index (χ3v) is 4.56. The number of carbonyl (C=O) groups excluding carboxylic acids is 1. The second kappa shape index (κ2) is 5.38. The van der Waals surface area contributed by atoms with Gasteiger partial charge in [0, 0.05) is 5.38 Å². The van der Waals surface area contributed by atoms with Gasteiger partial charge in [-0.25, -0.2) is 18.4 Å². The molecule has 0 saturated carbocycles. The molecular formula is C11H17NO4S2. The third-order valence-electron chi connectivity index (χ3n) is 2.18. The molecule has 0 aromatic carbocycles. The summed E-state index contributed by atoms with van der Waals surface area (Å²) in [6.45, 7) is 6.45. The van der Waals surface area contributed by atoms with Gasteiger partial charge in [-0.05, 0) is 17.9 Å². The summed E-state index contributed by atoms with van der Waals surface area (Å²) < 4.78 is 27.1. The molecule has 1 rings (SSSR count). The summed E-state index contributed by atoms with van der Waals surface area (Å²) in [5, 5.41) is 6.39. The predicted molar refractivity (Wildman–Crippen MR) is 70.0 cm³/mol. The summed E-state index contributed by atoms with van der Waals surface area (Å²) in [4.78, 5) is 11.6. The van der Waals surface area contributed by atoms with Crippen LogP contribution in [0.25, 0.3) is 0 Å². The van der Waals surface area contributed by atoms with Gasteiger partial charge >= 0.3 is 5.97 Å². The van der Waals surface area contributed by atoms with Crippen molar-refractivity contribution in [1.82, 2.24) is 0 Å². The molecule has 0 saturated heterocycles. The maximum absolute atomic E-state index is 11.6. The molecule has 1 aromatic rings. The van der Waals surface area contributed by atoms with Crippen molar-refractivity contribution in [2.45, 2.75) is 31.4 Å². The zero-order chi connectivity index (χ0) is 14.0. The lowest BCUT2D eigenvalue weighted by Crippen LogP contribution is -2.13. The van der Waals surface area contributed by atoms with Crippen molar-refractivity contribution in [3.8, 4) is 0 Å². The maximum atomic E-state index is 11.6. The minimum atomic E-state index is -3.75. The Hall–Kier alpha value is -0.920. The molecule has 0 fully saturated rings. The molecule has 0 radical (unpaired) electrons. The maximum Gasteiger partial charge on any atom is 0.339 e. The summed E-state index contributed by atoms with van der Waals surface area (Å²) in [5.74, 6) is -0.523. The van der Waals surface area contributed by atoms with Gasteiger partial charge in [0.05, 0.1) is 12.2 Å². The molecule has 0 aliphatic carbocycles. The van der Waals surface area contributed by atoms with E-state index in [0.29, 0.717) is 6.61 Å². The van der Waals surface area contributed by atoms with Gasteiger partial charge in [-0.3, -0.25) is 0 Å². The van der Waals surface area contributed by atoms with Crippen LogP contribution in [-0.4, -0.2) is 21.0 Å². The van der Waals surface area contributed by atoms with Crippen LogP contribution in [0.5, 0.6) is 0 Å². The first kappa shape index (κ1) is 15.1. The fourth-order valence-corrected chi connectivity index (χ4v) is 2.68. The van der Waals surface area contributed by atoms with Crippen LogP contribution in [0.2, 0.25) is 0 Å². The molecule has 0 unspecified atom stereocenters. The van der Waals surface area contributed by atoms with Crippen LogP contribution >= 0.6 is 11.3 Å². The number of primary sulfonamides is 1. The Bertz CT molecular complexity index is 525. The molecule has 0 bridgehead atoms. The average molecular weight is 291 g/mol. The monoisotopic (exact) mass is 291 g/mol. The minimum absolute atomic E-state index is 0.0368. The van der Waals surface area contributed by atoms with Gasteiger partial charge in [0.1, 0.15) is 4.21 Å². The molecule has 0 amide bonds. The number of rotatable bonds is 4. The Balaban J connectivity index is 2.61. The van der Waals surface area contributed by atoms with E-state index in [1.807, 2.05) is 20.8 Å². The number of ether oxygens (including phenoxy) is 1. The van der Waals surface area contributed by atoms with Crippen molar-refractivity contribution < 1.29 is 17.9 Å². The minimum Gasteiger partial charge on any atom is -0.462 e. The van der Waals surface area contributed by atoms with E-state index in [2.05, 4.69) is 0 Å². The fraction of sp³-hybridized carbons (Fsp3) is 0.545. The Morgan fingerprint density at radius 1 is 1.44 bits per heavy atom. The van der Waals surface area contributed by atoms with Gasteiger partial charge in [-0.2, -0.15) is 0 Å². The number of carbonyl (C=O) groups is 1. The zero-order valence-corrected chi connectivity index (χ0v) is 12.2. The summed E-state index contributed by atoms with van der Waals surface area (Å²) >= 11 is 0.910. The van der Waals surface area contributed by atoms with Crippen LogP contribution in [0.3, 0.4) is 0 Å². The number of esters is 1. The van der Waals surface area contributed by atoms with Crippen LogP contribution in [0, 0.1) is 5.41 Å². The normalized spacial score (nSPS) is 12.4. The molecule has 7 heteroatoms. The number of hydrogen-bond donors (Lipinski definition) is 1. The molecular weight excluding hydrogens is 274 g/mol. The molecule has 0 spiro atoms. The molecule has 1 aromatic heterocycles. The van der Waals surface area contributed by atoms with Crippen molar-refractivity contribution in [2.75, 3.05) is 6.61 Å². The van der Waals surface area contributed by atoms with Gasteiger partial charge < -0.3 is 4.74 Å². The van der Waals surface area contributed by atoms with Gasteiger partial charge in [0.25, 0.3) is 0 Å². The highest BCUT2D eigenvalue weighted by Gasteiger charge is 2.17. The standard InChI is InChI=1S/C11H17NO4S2/c1-11(2,3)4-5-16-10(13)8-6-9(17-7-8)18(12,14)15/h6-7H,4-5H2,1-3H3,(H2,12,14,15). The van der Waals surface area contributed by atoms with Crippen LogP contribution in [0.4, 0.5) is 0 Å². The van der Waals surface area contributed by atoms with Crippen LogP contribution in [0.1, 0.15) is 37.6 Å². The highest BCUT2D eigenvalue weighted by molar-refractivity contribution is 7.91. The molecule has 5 nitrogen and oxygen atoms in total. The summed E-state index contributed by atoms with van der Waals surface area (Å²) in [6, 6.07) is 1.24. The van der Waals surface area contributed by atoms with Crippen molar-refractivity contribution >= 4 is 27.3 Å². The topological polar surface area (TPSA) is 86.5 Å². The summed E-state index contributed by atoms with van der Waals surface area (Å²) in [6.07, 6.45) is 0.741. The Labute approximate surface area is 111 Å². The van der Waals surface area contributed by atoms with E-state index in [4.69, 9.17) is 9.88 Å². The van der Waals surface area contributed by atoms with Crippen LogP contribution in [-0.2, 0) is 14.8 Å². The van der Waals surface area contributed by atoms with E-state index >= 15 is 0 Å². The zero-order valence-electron chi connectivity index (χ0n) is 10.6. The molecule has 102 valence electrons. The summed E-state index contributed by atoms with van der Waals surface area (Å²) in [7, 11) is -3.75. The Morgan fingerprint density at radius 3 is 2.50 bits per heavy atom. The smallest absolute Gasteiger partial charge is 0.339 e. The van der Waals surface area contributed by atoms with E-state index in [9.17, 15) is 13.2 Å². The van der Waals surface area contributed by atoms with E-state index in [1.165, 1.54) is 11.4 Å². The number of sulfonamides is 1. The van der Waals surface area contributed by atoms with E-state index < -0.39 is 16.0 Å². The van der Waals surface area contributed by atoms with E-state index in [-0.39, 0.29) is 15.2 Å². The quantitative estimate of drug-likeness (QED) is 0.859. The van der Waals surface area contributed by atoms with Crippen molar-refractivity contribution in [3.05, 3.63) is 17.0 Å². The predicted octanol–water partition coefficient (Wildman–Crippen LogP) is 1.99. The SMILES string of the molecule is CC(C)(C)CCOC(=O)c1csc(S(N)(=O)=O)c1. The van der Waals surface area contributed by atoms with Gasteiger partial charge in [0.2, 0.25) is 10.0 Å². The van der Waals surface area contributed by atoms with Gasteiger partial charge in [-0.1, -0.05) is 20.8 Å². The van der Waals surface area contributed by atoms with Crippen molar-refractivity contribution in [3.63, 3.8) is 0 Å². The molecule has 0 atom stereocenters. The number of hydrogen-bond acceptors (Lipinski definition) is 5. The third kappa shape index (κ3) is 4.75. The summed E-state index contributed by atoms with van der Waals surface area (Å²) in [5.41, 5.74) is 0.304. The average Bonchev–Trinajstić information content (AvgIpc) is 2.62. The second-order valence-electron chi connectivity index (χ2n) is 5.15. The van der Waals surface area contributed by atoms with Crippen molar-refractivity contribution in [1.29, 1.82) is 0 Å². The van der Waals surface area contributed by atoms with Crippen LogP contribution in [0.15, 0.2) is 15.7 Å². The largest absolute Gasteiger partial charge is 0.462 e. The van der Waals surface area contributed by atoms with Gasteiger partial charge in [0.15, 0.2) is 0 Å². The lowest BCUT2D eigenvalue weighted by molar-refractivity contribution is 0.0465. The molecule has 2 N–H and O–H groups in total. The van der Waals surface area contributed by atoms with Crippen LogP contribution < -0.4 is 5.14 Å². The highest BCUT2D eigenvalue weighted by Crippen LogP contribution is 2.21. The lowest BCUT2D eigenvalue weighted by Gasteiger charge is -2.17. The first-order valence-corrected chi connectivity index (χ1v) is 7.81. The van der Waals surface area contributed by atoms with Gasteiger partial charge in [-0.15, -0.1) is 11.3 Å². The molecule has 0 aliphatic heterocycles. The highest BCUT2D eigenvalue weighted by atomic mass is 32.2. The Morgan fingerprint density at radius 2 is 2.06 bits per heavy atom. The Kier molecular flexibility index (Phi) is 4.52. The van der Waals surface area contributed by atoms with E-state index in [0.717, 1.165) is 17.8 Å². The first-order chi connectivity index (χ1) is 8.09. The molecule has 1 heterocycles. The lowest BCUT2D eigenvalue weighted by atomic mass is 9.93. The van der Waals surface area contributed by atoms with Crippen molar-refractivity contribution in [2.24, 2.45) is 10.6 Å². The fourth-order valence-electron chi connectivity index (χ4n) is 1.11. The second-order valence-corrected chi connectivity index (χ2v) is 7.85. The number of nitrogens with two attached hydrogens (primary N) is 1. The first-order valence-electron chi connectivity index (χ1n) is 5.38. The molecule has 18 heavy (non-hydrogen) atoms. The number of thiophene rings is 1.